The first-order chi connectivity index (χ1) is 17.3. The van der Waals surface area contributed by atoms with Gasteiger partial charge in [-0.3, -0.25) is 9.89 Å². The molecule has 36 heavy (non-hydrogen) atoms. The van der Waals surface area contributed by atoms with Gasteiger partial charge in [0, 0.05) is 29.9 Å². The smallest absolute Gasteiger partial charge is 0.326 e. The van der Waals surface area contributed by atoms with Crippen molar-refractivity contribution in [3.63, 3.8) is 0 Å². The molecule has 2 aromatic heterocycles. The number of aromatic amines is 2. The summed E-state index contributed by atoms with van der Waals surface area (Å²) in [5, 5.41) is 22.5. The molecular weight excluding hydrogens is 465 g/mol. The van der Waals surface area contributed by atoms with E-state index in [2.05, 4.69) is 35.8 Å². The number of aliphatic carboxylic acids is 1. The van der Waals surface area contributed by atoms with E-state index in [0.29, 0.717) is 52.8 Å². The van der Waals surface area contributed by atoms with Gasteiger partial charge in [-0.2, -0.15) is 5.10 Å². The number of imidazole rings is 1. The summed E-state index contributed by atoms with van der Waals surface area (Å²) in [4.78, 5) is 36.3. The third-order valence-electron chi connectivity index (χ3n) is 5.70. The van der Waals surface area contributed by atoms with Crippen LogP contribution in [0.4, 0.5) is 10.3 Å². The van der Waals surface area contributed by atoms with Crippen LogP contribution in [-0.4, -0.2) is 48.2 Å². The second kappa shape index (κ2) is 10.8. The molecule has 0 aliphatic rings. The number of carboxylic acid groups (broad SMARTS) is 1. The van der Waals surface area contributed by atoms with Gasteiger partial charge >= 0.3 is 5.97 Å². The average molecular weight is 492 g/mol. The molecule has 1 amide bonds. The second-order valence-electron chi connectivity index (χ2n) is 8.27. The number of carbonyl (C=O) groups is 2. The minimum atomic E-state index is -1.16. The number of halogens is 1. The third kappa shape index (κ3) is 5.74. The van der Waals surface area contributed by atoms with E-state index in [4.69, 9.17) is 0 Å². The van der Waals surface area contributed by atoms with Crippen molar-refractivity contribution in [3.8, 4) is 11.4 Å². The molecule has 186 valence electrons. The number of amides is 1. The predicted molar refractivity (Wildman–Crippen MR) is 131 cm³/mol. The number of H-pyrrole nitrogens is 2. The van der Waals surface area contributed by atoms with Crippen molar-refractivity contribution < 1.29 is 19.1 Å². The maximum Gasteiger partial charge on any atom is 0.326 e. The highest BCUT2D eigenvalue weighted by molar-refractivity contribution is 5.99. The van der Waals surface area contributed by atoms with Crippen molar-refractivity contribution in [1.29, 1.82) is 0 Å². The summed E-state index contributed by atoms with van der Waals surface area (Å²) < 4.78 is 13.7. The molecule has 2 aromatic carbocycles. The number of benzene rings is 2. The fourth-order valence-electron chi connectivity index (χ4n) is 3.91. The summed E-state index contributed by atoms with van der Waals surface area (Å²) in [6.07, 6.45) is 3.88. The van der Waals surface area contributed by atoms with Crippen LogP contribution in [0.2, 0.25) is 0 Å². The lowest BCUT2D eigenvalue weighted by atomic mass is 9.98. The van der Waals surface area contributed by atoms with E-state index in [-0.39, 0.29) is 6.42 Å². The Morgan fingerprint density at radius 2 is 1.97 bits per heavy atom. The van der Waals surface area contributed by atoms with Crippen molar-refractivity contribution in [1.82, 2.24) is 30.5 Å². The molecule has 0 spiro atoms. The molecule has 0 bridgehead atoms. The number of aryl methyl sites for hydroxylation is 2. The lowest BCUT2D eigenvalue weighted by Gasteiger charge is -2.17. The summed E-state index contributed by atoms with van der Waals surface area (Å²) in [5.41, 5.74) is 2.77. The number of aromatic nitrogens is 5. The number of carbonyl (C=O) groups excluding carboxylic acids is 1. The predicted octanol–water partition coefficient (Wildman–Crippen LogP) is 3.24. The van der Waals surface area contributed by atoms with Gasteiger partial charge in [0.05, 0.1) is 6.54 Å². The van der Waals surface area contributed by atoms with E-state index in [9.17, 15) is 19.1 Å². The first kappa shape index (κ1) is 24.6. The van der Waals surface area contributed by atoms with Crippen LogP contribution in [0.15, 0.2) is 48.8 Å². The van der Waals surface area contributed by atoms with Gasteiger partial charge in [0.1, 0.15) is 17.7 Å². The molecule has 10 nitrogen and oxygen atoms in total. The molecule has 1 atom stereocenters. The zero-order chi connectivity index (χ0) is 25.7. The molecule has 4 rings (SSSR count). The van der Waals surface area contributed by atoms with Gasteiger partial charge in [0.15, 0.2) is 11.8 Å². The summed E-state index contributed by atoms with van der Waals surface area (Å²) in [7, 11) is 0. The monoisotopic (exact) mass is 491 g/mol. The SMILES string of the molecule is CCc1cc(F)cc(C)c1C(=O)NC(Cc1ccc(-c2n[nH]c(CNc3ncc[nH]3)n2)cc1)C(=O)O. The maximum atomic E-state index is 13.7. The Hall–Kier alpha value is -4.54. The van der Waals surface area contributed by atoms with Crippen LogP contribution in [0.1, 0.15) is 39.8 Å². The highest BCUT2D eigenvalue weighted by Crippen LogP contribution is 2.19. The first-order valence-corrected chi connectivity index (χ1v) is 11.4. The third-order valence-corrected chi connectivity index (χ3v) is 5.70. The molecule has 11 heteroatoms. The Bertz CT molecular complexity index is 1350. The maximum absolute atomic E-state index is 13.7. The van der Waals surface area contributed by atoms with Crippen molar-refractivity contribution in [2.75, 3.05) is 5.32 Å². The molecule has 4 aromatic rings. The van der Waals surface area contributed by atoms with Crippen LogP contribution in [-0.2, 0) is 24.2 Å². The number of anilines is 1. The van der Waals surface area contributed by atoms with E-state index in [1.165, 1.54) is 12.1 Å². The van der Waals surface area contributed by atoms with E-state index < -0.39 is 23.7 Å². The Morgan fingerprint density at radius 1 is 1.19 bits per heavy atom. The number of hydrogen-bond donors (Lipinski definition) is 5. The highest BCUT2D eigenvalue weighted by Gasteiger charge is 2.24. The number of hydrogen-bond acceptors (Lipinski definition) is 6. The molecule has 0 radical (unpaired) electrons. The number of rotatable bonds is 10. The van der Waals surface area contributed by atoms with Crippen molar-refractivity contribution >= 4 is 17.8 Å². The van der Waals surface area contributed by atoms with E-state index in [1.54, 1.807) is 43.6 Å². The van der Waals surface area contributed by atoms with Crippen LogP contribution in [0.25, 0.3) is 11.4 Å². The van der Waals surface area contributed by atoms with E-state index in [1.807, 2.05) is 6.92 Å². The van der Waals surface area contributed by atoms with E-state index >= 15 is 0 Å². The first-order valence-electron chi connectivity index (χ1n) is 11.4. The Balaban J connectivity index is 1.42. The largest absolute Gasteiger partial charge is 0.480 e. The van der Waals surface area contributed by atoms with Gasteiger partial charge in [-0.25, -0.2) is 19.2 Å². The van der Waals surface area contributed by atoms with Crippen LogP contribution in [0.5, 0.6) is 0 Å². The quantitative estimate of drug-likeness (QED) is 0.229. The highest BCUT2D eigenvalue weighted by atomic mass is 19.1. The minimum Gasteiger partial charge on any atom is -0.480 e. The Kier molecular flexibility index (Phi) is 7.38. The molecule has 0 fully saturated rings. The summed E-state index contributed by atoms with van der Waals surface area (Å²) in [5.74, 6) is -0.375. The van der Waals surface area contributed by atoms with Crippen LogP contribution >= 0.6 is 0 Å². The lowest BCUT2D eigenvalue weighted by molar-refractivity contribution is -0.139. The zero-order valence-corrected chi connectivity index (χ0v) is 19.8. The average Bonchev–Trinajstić information content (AvgIpc) is 3.54. The number of nitrogens with zero attached hydrogens (tertiary/aromatic N) is 3. The fourth-order valence-corrected chi connectivity index (χ4v) is 3.91. The van der Waals surface area contributed by atoms with Crippen LogP contribution < -0.4 is 10.6 Å². The fraction of sp³-hybridized carbons (Fsp3) is 0.240. The molecule has 1 unspecified atom stereocenters. The van der Waals surface area contributed by atoms with E-state index in [0.717, 1.165) is 5.56 Å². The Morgan fingerprint density at radius 3 is 2.64 bits per heavy atom. The van der Waals surface area contributed by atoms with Crippen molar-refractivity contribution in [3.05, 3.63) is 82.7 Å². The summed E-state index contributed by atoms with van der Waals surface area (Å²) >= 11 is 0. The van der Waals surface area contributed by atoms with Gasteiger partial charge in [-0.05, 0) is 42.2 Å². The summed E-state index contributed by atoms with van der Waals surface area (Å²) in [6, 6.07) is 8.55. The van der Waals surface area contributed by atoms with Gasteiger partial charge in [0.25, 0.3) is 5.91 Å². The zero-order valence-electron chi connectivity index (χ0n) is 19.8. The van der Waals surface area contributed by atoms with Crippen LogP contribution in [0.3, 0.4) is 0 Å². The second-order valence-corrected chi connectivity index (χ2v) is 8.27. The summed E-state index contributed by atoms with van der Waals surface area (Å²) in [6.45, 7) is 3.85. The van der Waals surface area contributed by atoms with Crippen LogP contribution in [0, 0.1) is 12.7 Å². The van der Waals surface area contributed by atoms with Gasteiger partial charge < -0.3 is 20.7 Å². The number of nitrogens with one attached hydrogen (secondary N) is 4. The molecule has 0 aliphatic heterocycles. The molecule has 0 saturated heterocycles. The molecule has 0 saturated carbocycles. The lowest BCUT2D eigenvalue weighted by Crippen LogP contribution is -2.42. The van der Waals surface area contributed by atoms with Crippen molar-refractivity contribution in [2.45, 2.75) is 39.3 Å². The van der Waals surface area contributed by atoms with Gasteiger partial charge in [-0.1, -0.05) is 31.2 Å². The van der Waals surface area contributed by atoms with Gasteiger partial charge in [-0.15, -0.1) is 0 Å². The van der Waals surface area contributed by atoms with Crippen molar-refractivity contribution in [2.24, 2.45) is 0 Å². The molecular formula is C25H26FN7O3. The normalized spacial score (nSPS) is 11.8. The molecule has 5 N–H and O–H groups in total. The number of carboxylic acids is 1. The Labute approximate surface area is 206 Å². The standard InChI is InChI=1S/C25H26FN7O3/c1-3-16-12-18(26)10-14(2)21(16)23(34)30-19(24(35)36)11-15-4-6-17(7-5-15)22-31-20(32-33-22)13-29-25-27-8-9-28-25/h4-10,12,19H,3,11,13H2,1-2H3,(H,30,34)(H,35,36)(H2,27,28,29)(H,31,32,33). The molecule has 0 aliphatic carbocycles. The van der Waals surface area contributed by atoms with Gasteiger partial charge in [0.2, 0.25) is 0 Å². The molecule has 2 heterocycles. The topological polar surface area (TPSA) is 149 Å². The minimum absolute atomic E-state index is 0.0787.